The number of rotatable bonds is 4. The average molecular weight is 373 g/mol. The number of hydrogen-bond donors (Lipinski definition) is 0. The van der Waals surface area contributed by atoms with Gasteiger partial charge in [-0.1, -0.05) is 11.6 Å². The number of carbonyl (C=O) groups is 1. The first-order valence-corrected chi connectivity index (χ1v) is 8.12. The van der Waals surface area contributed by atoms with Gasteiger partial charge in [0.15, 0.2) is 0 Å². The molecule has 1 saturated heterocycles. The fourth-order valence-electron chi connectivity index (χ4n) is 2.73. The van der Waals surface area contributed by atoms with E-state index < -0.39 is 10.8 Å². The van der Waals surface area contributed by atoms with Crippen molar-refractivity contribution < 1.29 is 14.5 Å². The molecule has 0 radical (unpaired) electrons. The number of halogens is 1. The molecule has 0 spiro atoms. The molecule has 2 heterocycles. The van der Waals surface area contributed by atoms with Gasteiger partial charge in [0.25, 0.3) is 11.6 Å². The van der Waals surface area contributed by atoms with Gasteiger partial charge in [0.05, 0.1) is 23.1 Å². The van der Waals surface area contributed by atoms with Gasteiger partial charge in [-0.2, -0.15) is 5.26 Å². The summed E-state index contributed by atoms with van der Waals surface area (Å²) in [5, 5.41) is 20.3. The van der Waals surface area contributed by atoms with Crippen LogP contribution in [-0.2, 0) is 0 Å². The highest BCUT2D eigenvalue weighted by atomic mass is 35.5. The summed E-state index contributed by atoms with van der Waals surface area (Å²) < 4.78 is 5.72. The molecule has 0 bridgehead atoms. The lowest BCUT2D eigenvalue weighted by molar-refractivity contribution is -0.385. The van der Waals surface area contributed by atoms with E-state index in [-0.39, 0.29) is 28.9 Å². The van der Waals surface area contributed by atoms with Gasteiger partial charge in [-0.05, 0) is 18.2 Å². The summed E-state index contributed by atoms with van der Waals surface area (Å²) in [4.78, 5) is 28.7. The van der Waals surface area contributed by atoms with Crippen LogP contribution in [0.15, 0.2) is 36.5 Å². The van der Waals surface area contributed by atoms with E-state index in [2.05, 4.69) is 4.98 Å². The molecular formula is C17H13ClN4O4. The van der Waals surface area contributed by atoms with Gasteiger partial charge >= 0.3 is 0 Å². The number of pyridine rings is 1. The van der Waals surface area contributed by atoms with Crippen molar-refractivity contribution >= 4 is 23.2 Å². The zero-order chi connectivity index (χ0) is 18.7. The van der Waals surface area contributed by atoms with Gasteiger partial charge in [-0.25, -0.2) is 4.98 Å². The van der Waals surface area contributed by atoms with Crippen LogP contribution in [0, 0.1) is 21.4 Å². The Morgan fingerprint density at radius 1 is 1.42 bits per heavy atom. The number of benzene rings is 1. The molecular weight excluding hydrogens is 360 g/mol. The number of likely N-dealkylation sites (tertiary alicyclic amines) is 1. The maximum atomic E-state index is 12.7. The van der Waals surface area contributed by atoms with Gasteiger partial charge in [-0.15, -0.1) is 0 Å². The number of hydrogen-bond acceptors (Lipinski definition) is 6. The van der Waals surface area contributed by atoms with Crippen molar-refractivity contribution in [3.8, 4) is 11.9 Å². The van der Waals surface area contributed by atoms with Crippen molar-refractivity contribution in [2.24, 2.45) is 0 Å². The predicted molar refractivity (Wildman–Crippen MR) is 92.0 cm³/mol. The van der Waals surface area contributed by atoms with Gasteiger partial charge in [0, 0.05) is 36.3 Å². The van der Waals surface area contributed by atoms with Crippen LogP contribution in [0.3, 0.4) is 0 Å². The molecule has 0 N–H and O–H groups in total. The maximum Gasteiger partial charge on any atom is 0.282 e. The molecule has 2 aromatic rings. The first-order valence-electron chi connectivity index (χ1n) is 7.74. The van der Waals surface area contributed by atoms with E-state index in [0.717, 1.165) is 0 Å². The molecule has 3 rings (SSSR count). The first-order chi connectivity index (χ1) is 12.5. The average Bonchev–Trinajstić information content (AvgIpc) is 3.09. The normalized spacial score (nSPS) is 16.2. The van der Waals surface area contributed by atoms with E-state index in [9.17, 15) is 14.9 Å². The van der Waals surface area contributed by atoms with Crippen molar-refractivity contribution in [3.05, 3.63) is 62.8 Å². The Bertz CT molecular complexity index is 912. The molecule has 132 valence electrons. The van der Waals surface area contributed by atoms with Crippen LogP contribution < -0.4 is 4.74 Å². The fourth-order valence-corrected chi connectivity index (χ4v) is 2.90. The molecule has 0 aliphatic carbocycles. The maximum absolute atomic E-state index is 12.7. The molecule has 1 aliphatic heterocycles. The summed E-state index contributed by atoms with van der Waals surface area (Å²) in [5.74, 6) is -0.166. The van der Waals surface area contributed by atoms with E-state index in [1.165, 1.54) is 35.4 Å². The number of ether oxygens (including phenoxy) is 1. The Hall–Kier alpha value is -3.18. The molecule has 26 heavy (non-hydrogen) atoms. The second kappa shape index (κ2) is 7.37. The largest absolute Gasteiger partial charge is 0.472 e. The van der Waals surface area contributed by atoms with Crippen LogP contribution in [0.25, 0.3) is 0 Å². The number of carbonyl (C=O) groups excluding carboxylic acids is 1. The first kappa shape index (κ1) is 17.6. The molecule has 9 heteroatoms. The minimum absolute atomic E-state index is 0.0484. The minimum Gasteiger partial charge on any atom is -0.472 e. The summed E-state index contributed by atoms with van der Waals surface area (Å²) in [6, 6.07) is 8.98. The highest BCUT2D eigenvalue weighted by Gasteiger charge is 2.32. The van der Waals surface area contributed by atoms with Crippen LogP contribution >= 0.6 is 11.6 Å². The smallest absolute Gasteiger partial charge is 0.282 e. The Morgan fingerprint density at radius 3 is 2.96 bits per heavy atom. The quantitative estimate of drug-likeness (QED) is 0.603. The molecule has 8 nitrogen and oxygen atoms in total. The molecule has 1 unspecified atom stereocenters. The third-order valence-electron chi connectivity index (χ3n) is 3.97. The zero-order valence-corrected chi connectivity index (χ0v) is 14.2. The molecule has 1 aromatic carbocycles. The van der Waals surface area contributed by atoms with E-state index >= 15 is 0 Å². The van der Waals surface area contributed by atoms with Crippen molar-refractivity contribution in [1.82, 2.24) is 9.88 Å². The Labute approximate surface area is 153 Å². The molecule has 1 aliphatic rings. The third-order valence-corrected chi connectivity index (χ3v) is 4.20. The Morgan fingerprint density at radius 2 is 2.23 bits per heavy atom. The van der Waals surface area contributed by atoms with E-state index in [1.54, 1.807) is 6.07 Å². The zero-order valence-electron chi connectivity index (χ0n) is 13.5. The van der Waals surface area contributed by atoms with Crippen molar-refractivity contribution in [2.75, 3.05) is 13.1 Å². The SMILES string of the molecule is N#Cc1ccnc(OC2CCN(C(=O)c3cc(Cl)ccc3[N+](=O)[O-])C2)c1. The lowest BCUT2D eigenvalue weighted by atomic mass is 10.1. The molecule has 0 saturated carbocycles. The highest BCUT2D eigenvalue weighted by molar-refractivity contribution is 6.31. The summed E-state index contributed by atoms with van der Waals surface area (Å²) in [5.41, 5.74) is 0.0930. The second-order valence-corrected chi connectivity index (χ2v) is 6.13. The van der Waals surface area contributed by atoms with Crippen LogP contribution in [0.4, 0.5) is 5.69 Å². The standard InChI is InChI=1S/C17H13ClN4O4/c18-12-1-2-15(22(24)25)14(8-12)17(23)21-6-4-13(10-21)26-16-7-11(9-19)3-5-20-16/h1-3,5,7-8,13H,4,6,10H2. The van der Waals surface area contributed by atoms with Crippen molar-refractivity contribution in [3.63, 3.8) is 0 Å². The minimum atomic E-state index is -0.606. The van der Waals surface area contributed by atoms with Crippen LogP contribution in [-0.4, -0.2) is 39.9 Å². The Kier molecular flexibility index (Phi) is 5.00. The van der Waals surface area contributed by atoms with Crippen LogP contribution in [0.1, 0.15) is 22.3 Å². The fraction of sp³-hybridized carbons (Fsp3) is 0.235. The van der Waals surface area contributed by atoms with Gasteiger partial charge < -0.3 is 9.64 Å². The summed E-state index contributed by atoms with van der Waals surface area (Å²) in [6.07, 6.45) is 1.72. The molecule has 1 atom stereocenters. The van der Waals surface area contributed by atoms with Crippen LogP contribution in [0.2, 0.25) is 5.02 Å². The van der Waals surface area contributed by atoms with Gasteiger partial charge in [0.2, 0.25) is 5.88 Å². The lowest BCUT2D eigenvalue weighted by Crippen LogP contribution is -2.31. The Balaban J connectivity index is 1.73. The van der Waals surface area contributed by atoms with E-state index in [1.807, 2.05) is 6.07 Å². The lowest BCUT2D eigenvalue weighted by Gasteiger charge is -2.17. The monoisotopic (exact) mass is 372 g/mol. The van der Waals surface area contributed by atoms with E-state index in [0.29, 0.717) is 24.4 Å². The number of amides is 1. The molecule has 1 aromatic heterocycles. The number of nitro benzene ring substituents is 1. The highest BCUT2D eigenvalue weighted by Crippen LogP contribution is 2.26. The second-order valence-electron chi connectivity index (χ2n) is 5.69. The number of nitro groups is 1. The summed E-state index contributed by atoms with van der Waals surface area (Å²) >= 11 is 5.88. The van der Waals surface area contributed by atoms with E-state index in [4.69, 9.17) is 21.6 Å². The van der Waals surface area contributed by atoms with Crippen molar-refractivity contribution in [1.29, 1.82) is 5.26 Å². The topological polar surface area (TPSA) is 109 Å². The molecule has 1 fully saturated rings. The third kappa shape index (κ3) is 3.73. The van der Waals surface area contributed by atoms with Crippen LogP contribution in [0.5, 0.6) is 5.88 Å². The summed E-state index contributed by atoms with van der Waals surface area (Å²) in [6.45, 7) is 0.659. The number of aromatic nitrogens is 1. The van der Waals surface area contributed by atoms with Crippen molar-refractivity contribution in [2.45, 2.75) is 12.5 Å². The predicted octanol–water partition coefficient (Wildman–Crippen LogP) is 2.81. The van der Waals surface area contributed by atoms with Gasteiger partial charge in [-0.3, -0.25) is 14.9 Å². The number of nitriles is 1. The summed E-state index contributed by atoms with van der Waals surface area (Å²) in [7, 11) is 0. The van der Waals surface area contributed by atoms with Gasteiger partial charge in [0.1, 0.15) is 11.7 Å². The molecule has 1 amide bonds. The number of nitrogens with zero attached hydrogens (tertiary/aromatic N) is 4.